The Balaban J connectivity index is 1.76. The Labute approximate surface area is 146 Å². The average Bonchev–Trinajstić information content (AvgIpc) is 2.68. The molecule has 0 aromatic heterocycles. The monoisotopic (exact) mass is 321 g/mol. The van der Waals surface area contributed by atoms with Crippen LogP contribution in [0.4, 0.5) is 0 Å². The Kier molecular flexibility index (Phi) is 3.68. The first kappa shape index (κ1) is 15.0. The molecule has 0 amide bonds. The van der Waals surface area contributed by atoms with Crippen LogP contribution in [-0.4, -0.2) is 5.11 Å². The second-order valence-electron chi connectivity index (χ2n) is 6.02. The highest BCUT2D eigenvalue weighted by Crippen LogP contribution is 2.29. The highest BCUT2D eigenvalue weighted by Gasteiger charge is 2.04. The van der Waals surface area contributed by atoms with Crippen LogP contribution in [-0.2, 0) is 0 Å². The van der Waals surface area contributed by atoms with Crippen LogP contribution >= 0.6 is 0 Å². The lowest BCUT2D eigenvalue weighted by atomic mass is 9.97. The van der Waals surface area contributed by atoms with Crippen LogP contribution in [0.25, 0.3) is 33.0 Å². The maximum absolute atomic E-state index is 9.60. The minimum atomic E-state index is 0.281. The Hall–Kier alpha value is -3.57. The van der Waals surface area contributed by atoms with E-state index in [1.165, 1.54) is 0 Å². The normalized spacial score (nSPS) is 10.5. The first-order chi connectivity index (χ1) is 12.2. The van der Waals surface area contributed by atoms with E-state index in [9.17, 15) is 5.11 Å². The van der Waals surface area contributed by atoms with Crippen molar-refractivity contribution in [1.29, 1.82) is 5.26 Å². The Morgan fingerprint density at radius 2 is 1.20 bits per heavy atom. The summed E-state index contributed by atoms with van der Waals surface area (Å²) in [6.45, 7) is 0. The molecule has 4 aromatic carbocycles. The lowest BCUT2D eigenvalue weighted by Gasteiger charge is -2.08. The third-order valence-corrected chi connectivity index (χ3v) is 4.37. The first-order valence-electron chi connectivity index (χ1n) is 8.07. The molecular formula is C23H15NO. The third-order valence-electron chi connectivity index (χ3n) is 4.37. The van der Waals surface area contributed by atoms with Crippen LogP contribution in [0.5, 0.6) is 5.75 Å². The van der Waals surface area contributed by atoms with Crippen molar-refractivity contribution >= 4 is 10.8 Å². The number of phenolic OH excluding ortho intramolecular Hbond substituents is 1. The summed E-state index contributed by atoms with van der Waals surface area (Å²) in [5.41, 5.74) is 5.14. The predicted molar refractivity (Wildman–Crippen MR) is 101 cm³/mol. The lowest BCUT2D eigenvalue weighted by Crippen LogP contribution is -1.83. The van der Waals surface area contributed by atoms with Gasteiger partial charge in [0, 0.05) is 0 Å². The molecule has 1 N–H and O–H groups in total. The zero-order valence-corrected chi connectivity index (χ0v) is 13.5. The van der Waals surface area contributed by atoms with Gasteiger partial charge in [-0.1, -0.05) is 48.5 Å². The Bertz CT molecular complexity index is 1100. The molecule has 0 bridgehead atoms. The first-order valence-corrected chi connectivity index (χ1v) is 8.07. The molecule has 118 valence electrons. The van der Waals surface area contributed by atoms with Gasteiger partial charge in [0.15, 0.2) is 0 Å². The van der Waals surface area contributed by atoms with E-state index in [1.807, 2.05) is 42.5 Å². The van der Waals surface area contributed by atoms with Crippen LogP contribution < -0.4 is 0 Å². The van der Waals surface area contributed by atoms with Gasteiger partial charge in [0.25, 0.3) is 0 Å². The molecule has 0 radical (unpaired) electrons. The molecular weight excluding hydrogens is 306 g/mol. The Morgan fingerprint density at radius 1 is 0.600 bits per heavy atom. The number of phenols is 1. The van der Waals surface area contributed by atoms with Gasteiger partial charge >= 0.3 is 0 Å². The fourth-order valence-corrected chi connectivity index (χ4v) is 3.03. The SMILES string of the molecule is N#Cc1ccc(-c2cccc(-c3ccc4cc(O)ccc4c3)c2)cc1. The largest absolute Gasteiger partial charge is 0.508 e. The van der Waals surface area contributed by atoms with E-state index in [0.717, 1.165) is 33.0 Å². The van der Waals surface area contributed by atoms with Gasteiger partial charge < -0.3 is 5.11 Å². The van der Waals surface area contributed by atoms with Crippen molar-refractivity contribution < 1.29 is 5.11 Å². The number of nitriles is 1. The molecule has 0 aliphatic rings. The van der Waals surface area contributed by atoms with Crippen LogP contribution in [0.2, 0.25) is 0 Å². The van der Waals surface area contributed by atoms with Crippen molar-refractivity contribution in [1.82, 2.24) is 0 Å². The van der Waals surface area contributed by atoms with Gasteiger partial charge in [-0.2, -0.15) is 5.26 Å². The van der Waals surface area contributed by atoms with E-state index >= 15 is 0 Å². The molecule has 2 nitrogen and oxygen atoms in total. The van der Waals surface area contributed by atoms with Crippen LogP contribution in [0, 0.1) is 11.3 Å². The summed E-state index contributed by atoms with van der Waals surface area (Å²) in [6, 6.07) is 29.8. The van der Waals surface area contributed by atoms with Crippen molar-refractivity contribution in [3.63, 3.8) is 0 Å². The quantitative estimate of drug-likeness (QED) is 0.511. The van der Waals surface area contributed by atoms with Gasteiger partial charge in [0.2, 0.25) is 0 Å². The number of benzene rings is 4. The lowest BCUT2D eigenvalue weighted by molar-refractivity contribution is 0.476. The summed E-state index contributed by atoms with van der Waals surface area (Å²) in [6.07, 6.45) is 0. The van der Waals surface area contributed by atoms with Crippen molar-refractivity contribution in [3.8, 4) is 34.1 Å². The van der Waals surface area contributed by atoms with E-state index in [-0.39, 0.29) is 5.75 Å². The molecule has 0 heterocycles. The minimum absolute atomic E-state index is 0.281. The van der Waals surface area contributed by atoms with E-state index in [4.69, 9.17) is 5.26 Å². The number of aromatic hydroxyl groups is 1. The number of hydrogen-bond donors (Lipinski definition) is 1. The second-order valence-corrected chi connectivity index (χ2v) is 6.02. The number of fused-ring (bicyclic) bond motifs is 1. The highest BCUT2D eigenvalue weighted by atomic mass is 16.3. The van der Waals surface area contributed by atoms with Gasteiger partial charge in [-0.05, 0) is 69.4 Å². The summed E-state index contributed by atoms with van der Waals surface area (Å²) in [4.78, 5) is 0. The summed E-state index contributed by atoms with van der Waals surface area (Å²) >= 11 is 0. The smallest absolute Gasteiger partial charge is 0.116 e. The standard InChI is InChI=1S/C23H15NO/c24-15-16-4-6-17(7-5-16)18-2-1-3-19(12-18)20-8-9-22-14-23(25)11-10-21(22)13-20/h1-14,25H. The van der Waals surface area contributed by atoms with Crippen molar-refractivity contribution in [2.75, 3.05) is 0 Å². The van der Waals surface area contributed by atoms with E-state index < -0.39 is 0 Å². The van der Waals surface area contributed by atoms with Crippen molar-refractivity contribution in [2.24, 2.45) is 0 Å². The van der Waals surface area contributed by atoms with Crippen molar-refractivity contribution in [3.05, 3.63) is 90.5 Å². The number of rotatable bonds is 2. The molecule has 4 aromatic rings. The molecule has 0 saturated heterocycles. The van der Waals surface area contributed by atoms with Crippen molar-refractivity contribution in [2.45, 2.75) is 0 Å². The molecule has 4 rings (SSSR count). The number of hydrogen-bond acceptors (Lipinski definition) is 2. The molecule has 0 atom stereocenters. The topological polar surface area (TPSA) is 44.0 Å². The summed E-state index contributed by atoms with van der Waals surface area (Å²) in [5.74, 6) is 0.281. The van der Waals surface area contributed by atoms with Gasteiger partial charge in [-0.15, -0.1) is 0 Å². The molecule has 0 aliphatic heterocycles. The molecule has 0 fully saturated rings. The summed E-state index contributed by atoms with van der Waals surface area (Å²) in [7, 11) is 0. The average molecular weight is 321 g/mol. The molecule has 2 heteroatoms. The van der Waals surface area contributed by atoms with E-state index in [2.05, 4.69) is 36.4 Å². The molecule has 0 spiro atoms. The maximum Gasteiger partial charge on any atom is 0.116 e. The number of nitrogens with zero attached hydrogens (tertiary/aromatic N) is 1. The van der Waals surface area contributed by atoms with Gasteiger partial charge in [-0.3, -0.25) is 0 Å². The molecule has 0 saturated carbocycles. The third kappa shape index (κ3) is 2.96. The van der Waals surface area contributed by atoms with Crippen LogP contribution in [0.1, 0.15) is 5.56 Å². The minimum Gasteiger partial charge on any atom is -0.508 e. The predicted octanol–water partition coefficient (Wildman–Crippen LogP) is 5.75. The fraction of sp³-hybridized carbons (Fsp3) is 0. The summed E-state index contributed by atoms with van der Waals surface area (Å²) in [5, 5.41) is 20.6. The molecule has 0 unspecified atom stereocenters. The Morgan fingerprint density at radius 3 is 1.96 bits per heavy atom. The van der Waals surface area contributed by atoms with E-state index in [0.29, 0.717) is 5.56 Å². The fourth-order valence-electron chi connectivity index (χ4n) is 3.03. The summed E-state index contributed by atoms with van der Waals surface area (Å²) < 4.78 is 0. The molecule has 25 heavy (non-hydrogen) atoms. The van der Waals surface area contributed by atoms with Gasteiger partial charge in [0.1, 0.15) is 5.75 Å². The molecule has 0 aliphatic carbocycles. The van der Waals surface area contributed by atoms with Gasteiger partial charge in [-0.25, -0.2) is 0 Å². The zero-order chi connectivity index (χ0) is 17.2. The second kappa shape index (κ2) is 6.14. The highest BCUT2D eigenvalue weighted by molar-refractivity contribution is 5.88. The van der Waals surface area contributed by atoms with Gasteiger partial charge in [0.05, 0.1) is 11.6 Å². The van der Waals surface area contributed by atoms with E-state index in [1.54, 1.807) is 12.1 Å². The zero-order valence-electron chi connectivity index (χ0n) is 13.5. The maximum atomic E-state index is 9.60. The van der Waals surface area contributed by atoms with Crippen LogP contribution in [0.3, 0.4) is 0 Å². The van der Waals surface area contributed by atoms with Crippen LogP contribution in [0.15, 0.2) is 84.9 Å².